The maximum atomic E-state index is 12.4. The highest BCUT2D eigenvalue weighted by molar-refractivity contribution is 5.74. The van der Waals surface area contributed by atoms with Crippen molar-refractivity contribution in [2.45, 2.75) is 50.9 Å². The topological polar surface area (TPSA) is 112 Å². The number of carbonyl (C=O) groups excluding carboxylic acids is 1. The Kier molecular flexibility index (Phi) is 7.77. The van der Waals surface area contributed by atoms with Crippen molar-refractivity contribution in [3.05, 3.63) is 94.7 Å². The highest BCUT2D eigenvalue weighted by atomic mass is 16.3. The summed E-state index contributed by atoms with van der Waals surface area (Å²) in [7, 11) is 0. The minimum atomic E-state index is -0.641. The molecule has 0 unspecified atom stereocenters. The van der Waals surface area contributed by atoms with Gasteiger partial charge in [-0.05, 0) is 54.5 Å². The Morgan fingerprint density at radius 3 is 2.53 bits per heavy atom. The van der Waals surface area contributed by atoms with Crippen LogP contribution in [-0.2, 0) is 25.8 Å². The van der Waals surface area contributed by atoms with Gasteiger partial charge in [-0.25, -0.2) is 9.78 Å². The minimum Gasteiger partial charge on any atom is -0.387 e. The van der Waals surface area contributed by atoms with Crippen LogP contribution in [0.3, 0.4) is 0 Å². The first-order chi connectivity index (χ1) is 16.5. The monoisotopic (exact) mass is 459 g/mol. The number of aromatic nitrogens is 1. The summed E-state index contributed by atoms with van der Waals surface area (Å²) in [5, 5.41) is 19.8. The van der Waals surface area contributed by atoms with Gasteiger partial charge in [0.1, 0.15) is 5.82 Å². The molecule has 3 aromatic rings. The second-order valence-electron chi connectivity index (χ2n) is 9.07. The molecule has 2 aromatic carbocycles. The molecule has 0 saturated carbocycles. The van der Waals surface area contributed by atoms with Gasteiger partial charge in [-0.15, -0.1) is 0 Å². The number of aliphatic hydroxyl groups is 1. The van der Waals surface area contributed by atoms with Crippen LogP contribution in [-0.4, -0.2) is 34.8 Å². The summed E-state index contributed by atoms with van der Waals surface area (Å²) < 4.78 is 0. The predicted octanol–water partition coefficient (Wildman–Crippen LogP) is 2.88. The van der Waals surface area contributed by atoms with Crippen LogP contribution in [0.4, 0.5) is 10.6 Å². The van der Waals surface area contributed by atoms with Gasteiger partial charge in [0.05, 0.1) is 6.10 Å². The number of hydrogen-bond acceptors (Lipinski definition) is 5. The molecular formula is C27H33N5O2. The first-order valence-electron chi connectivity index (χ1n) is 11.8. The number of nitrogens with zero attached hydrogens (tertiary/aromatic N) is 1. The van der Waals surface area contributed by atoms with E-state index in [0.717, 1.165) is 30.4 Å². The number of aliphatic hydroxyl groups excluding tert-OH is 1. The van der Waals surface area contributed by atoms with Gasteiger partial charge in [0.25, 0.3) is 0 Å². The van der Waals surface area contributed by atoms with Gasteiger partial charge < -0.3 is 26.8 Å². The van der Waals surface area contributed by atoms with Crippen molar-refractivity contribution in [2.24, 2.45) is 0 Å². The number of nitrogen functional groups attached to an aromatic ring is 1. The summed E-state index contributed by atoms with van der Waals surface area (Å²) in [6.07, 6.45) is 3.54. The fourth-order valence-corrected chi connectivity index (χ4v) is 4.42. The molecule has 0 bridgehead atoms. The van der Waals surface area contributed by atoms with E-state index in [1.807, 2.05) is 24.3 Å². The summed E-state index contributed by atoms with van der Waals surface area (Å²) in [6, 6.07) is 20.2. The number of anilines is 1. The zero-order chi connectivity index (χ0) is 23.9. The fraction of sp³-hybridized carbons (Fsp3) is 0.333. The smallest absolute Gasteiger partial charge is 0.315 e. The van der Waals surface area contributed by atoms with Crippen molar-refractivity contribution in [3.63, 3.8) is 0 Å². The molecule has 2 atom stereocenters. The van der Waals surface area contributed by atoms with Crippen LogP contribution in [0.1, 0.15) is 40.8 Å². The standard InChI is InChI=1S/C27H33N5O2/c1-18(29-17-25(33)23-9-10-26(28)30-16-23)11-19-5-4-6-20(12-19)15-31-27(34)32-24-13-21-7-2-3-8-22(21)14-24/h2-10,12,16,18,24-25,29,33H,11,13-15,17H2,1H3,(H2,28,30)(H2,31,32,34)/t18-,25+/m1/s1. The summed E-state index contributed by atoms with van der Waals surface area (Å²) in [5.41, 5.74) is 11.2. The van der Waals surface area contributed by atoms with Crippen LogP contribution in [0.2, 0.25) is 0 Å². The summed E-state index contributed by atoms with van der Waals surface area (Å²) >= 11 is 0. The number of urea groups is 1. The zero-order valence-electron chi connectivity index (χ0n) is 19.5. The number of fused-ring (bicyclic) bond motifs is 1. The normalized spacial score (nSPS) is 14.9. The first-order valence-corrected chi connectivity index (χ1v) is 11.8. The number of pyridine rings is 1. The largest absolute Gasteiger partial charge is 0.387 e. The lowest BCUT2D eigenvalue weighted by Crippen LogP contribution is -2.42. The molecule has 178 valence electrons. The lowest BCUT2D eigenvalue weighted by atomic mass is 10.0. The maximum Gasteiger partial charge on any atom is 0.315 e. The SMILES string of the molecule is C[C@H](Cc1cccc(CNC(=O)NC2Cc3ccccc3C2)c1)NC[C@H](O)c1ccc(N)nc1. The van der Waals surface area contributed by atoms with E-state index in [1.165, 1.54) is 16.7 Å². The Labute approximate surface area is 200 Å². The van der Waals surface area contributed by atoms with Gasteiger partial charge in [-0.3, -0.25) is 0 Å². The molecule has 1 aromatic heterocycles. The third-order valence-electron chi connectivity index (χ3n) is 6.23. The van der Waals surface area contributed by atoms with Gasteiger partial charge in [0, 0.05) is 36.9 Å². The lowest BCUT2D eigenvalue weighted by Gasteiger charge is -2.18. The van der Waals surface area contributed by atoms with E-state index in [9.17, 15) is 9.90 Å². The quantitative estimate of drug-likeness (QED) is 0.338. The van der Waals surface area contributed by atoms with Crippen LogP contribution in [0, 0.1) is 0 Å². The lowest BCUT2D eigenvalue weighted by molar-refractivity contribution is 0.170. The Hall–Kier alpha value is -3.42. The van der Waals surface area contributed by atoms with E-state index in [4.69, 9.17) is 5.73 Å². The Morgan fingerprint density at radius 2 is 1.82 bits per heavy atom. The van der Waals surface area contributed by atoms with Gasteiger partial charge in [-0.1, -0.05) is 54.6 Å². The average molecular weight is 460 g/mol. The molecule has 2 amide bonds. The Bertz CT molecular complexity index is 1080. The predicted molar refractivity (Wildman–Crippen MR) is 134 cm³/mol. The van der Waals surface area contributed by atoms with Crippen LogP contribution >= 0.6 is 0 Å². The average Bonchev–Trinajstić information content (AvgIpc) is 3.24. The highest BCUT2D eigenvalue weighted by Crippen LogP contribution is 2.21. The van der Waals surface area contributed by atoms with Crippen LogP contribution in [0.25, 0.3) is 0 Å². The van der Waals surface area contributed by atoms with E-state index < -0.39 is 6.10 Å². The molecule has 0 fully saturated rings. The van der Waals surface area contributed by atoms with Gasteiger partial charge in [0.2, 0.25) is 0 Å². The van der Waals surface area contributed by atoms with Crippen LogP contribution < -0.4 is 21.7 Å². The maximum absolute atomic E-state index is 12.4. The number of nitrogens with one attached hydrogen (secondary N) is 3. The Balaban J connectivity index is 1.20. The molecule has 1 aliphatic rings. The third-order valence-corrected chi connectivity index (χ3v) is 6.23. The molecule has 0 radical (unpaired) electrons. The van der Waals surface area contributed by atoms with Gasteiger partial charge >= 0.3 is 6.03 Å². The number of rotatable bonds is 9. The van der Waals surface area contributed by atoms with Crippen molar-refractivity contribution in [1.29, 1.82) is 0 Å². The second kappa shape index (κ2) is 11.1. The number of hydrogen-bond donors (Lipinski definition) is 5. The fourth-order valence-electron chi connectivity index (χ4n) is 4.42. The van der Waals surface area contributed by atoms with Crippen LogP contribution in [0.15, 0.2) is 66.9 Å². The molecule has 7 heteroatoms. The molecule has 34 heavy (non-hydrogen) atoms. The van der Waals surface area contributed by atoms with E-state index in [2.05, 4.69) is 52.1 Å². The molecule has 1 aliphatic carbocycles. The summed E-state index contributed by atoms with van der Waals surface area (Å²) in [4.78, 5) is 16.4. The van der Waals surface area contributed by atoms with Gasteiger partial charge in [-0.2, -0.15) is 0 Å². The number of carbonyl (C=O) groups is 1. The summed E-state index contributed by atoms with van der Waals surface area (Å²) in [6.45, 7) is 3.00. The van der Waals surface area contributed by atoms with Crippen molar-refractivity contribution < 1.29 is 9.90 Å². The number of benzene rings is 2. The van der Waals surface area contributed by atoms with Crippen molar-refractivity contribution >= 4 is 11.8 Å². The van der Waals surface area contributed by atoms with E-state index in [1.54, 1.807) is 18.3 Å². The molecule has 0 spiro atoms. The highest BCUT2D eigenvalue weighted by Gasteiger charge is 2.22. The van der Waals surface area contributed by atoms with Crippen molar-refractivity contribution in [1.82, 2.24) is 20.9 Å². The first kappa shape index (κ1) is 23.7. The molecule has 6 N–H and O–H groups in total. The molecule has 0 aliphatic heterocycles. The zero-order valence-corrected chi connectivity index (χ0v) is 19.5. The molecule has 4 rings (SSSR count). The molecule has 0 saturated heterocycles. The molecular weight excluding hydrogens is 426 g/mol. The third kappa shape index (κ3) is 6.56. The Morgan fingerprint density at radius 1 is 1.09 bits per heavy atom. The van der Waals surface area contributed by atoms with Crippen LogP contribution in [0.5, 0.6) is 0 Å². The van der Waals surface area contributed by atoms with Crippen molar-refractivity contribution in [3.8, 4) is 0 Å². The van der Waals surface area contributed by atoms with E-state index in [-0.39, 0.29) is 18.1 Å². The van der Waals surface area contributed by atoms with E-state index >= 15 is 0 Å². The number of amides is 2. The second-order valence-corrected chi connectivity index (χ2v) is 9.07. The minimum absolute atomic E-state index is 0.135. The molecule has 1 heterocycles. The number of nitrogens with two attached hydrogens (primary N) is 1. The molecule has 7 nitrogen and oxygen atoms in total. The van der Waals surface area contributed by atoms with Crippen molar-refractivity contribution in [2.75, 3.05) is 12.3 Å². The van der Waals surface area contributed by atoms with E-state index in [0.29, 0.717) is 18.9 Å². The van der Waals surface area contributed by atoms with Gasteiger partial charge in [0.15, 0.2) is 0 Å². The summed E-state index contributed by atoms with van der Waals surface area (Å²) in [5.74, 6) is 0.438.